The van der Waals surface area contributed by atoms with E-state index in [4.69, 9.17) is 11.6 Å². The van der Waals surface area contributed by atoms with Crippen molar-refractivity contribution in [1.82, 2.24) is 0 Å². The van der Waals surface area contributed by atoms with E-state index in [-0.39, 0.29) is 5.78 Å². The van der Waals surface area contributed by atoms with E-state index in [2.05, 4.69) is 12.6 Å². The topological polar surface area (TPSA) is 17.1 Å². The Morgan fingerprint density at radius 2 is 2.14 bits per heavy atom. The van der Waals surface area contributed by atoms with Crippen molar-refractivity contribution in [2.24, 2.45) is 0 Å². The highest BCUT2D eigenvalue weighted by Gasteiger charge is 2.13. The van der Waals surface area contributed by atoms with Crippen LogP contribution < -0.4 is 0 Å². The molecule has 0 spiro atoms. The normalized spacial score (nSPS) is 12.6. The Kier molecular flexibility index (Phi) is 4.35. The van der Waals surface area contributed by atoms with Gasteiger partial charge < -0.3 is 0 Å². The van der Waals surface area contributed by atoms with Crippen LogP contribution in [0, 0.1) is 0 Å². The maximum Gasteiger partial charge on any atom is 0.152 e. The number of halogens is 1. The monoisotopic (exact) mass is 246 g/mol. The van der Waals surface area contributed by atoms with E-state index in [1.807, 2.05) is 24.5 Å². The van der Waals surface area contributed by atoms with Crippen molar-refractivity contribution in [2.45, 2.75) is 22.1 Å². The van der Waals surface area contributed by atoms with Crippen LogP contribution in [0.2, 0.25) is 0 Å². The van der Waals surface area contributed by atoms with Gasteiger partial charge in [0.1, 0.15) is 5.38 Å². The highest BCUT2D eigenvalue weighted by atomic mass is 35.5. The highest BCUT2D eigenvalue weighted by Crippen LogP contribution is 2.28. The van der Waals surface area contributed by atoms with Crippen LogP contribution in [0.15, 0.2) is 28.0 Å². The number of thiol groups is 1. The molecule has 0 radical (unpaired) electrons. The molecule has 1 aromatic rings. The SMILES string of the molecule is CSc1cc(S)cc(C(Cl)C(C)=O)c1. The number of thioether (sulfide) groups is 1. The average molecular weight is 247 g/mol. The lowest BCUT2D eigenvalue weighted by Crippen LogP contribution is -2.01. The molecule has 0 heterocycles. The first-order valence-electron chi connectivity index (χ1n) is 4.07. The minimum absolute atomic E-state index is 0.0438. The maximum atomic E-state index is 11.1. The Hall–Kier alpha value is -0.120. The first-order valence-corrected chi connectivity index (χ1v) is 6.18. The Bertz CT molecular complexity index is 352. The van der Waals surface area contributed by atoms with Crippen LogP contribution in [-0.2, 0) is 4.79 Å². The van der Waals surface area contributed by atoms with E-state index < -0.39 is 5.38 Å². The van der Waals surface area contributed by atoms with Crippen molar-refractivity contribution >= 4 is 41.8 Å². The van der Waals surface area contributed by atoms with Gasteiger partial charge in [0, 0.05) is 9.79 Å². The second-order valence-electron chi connectivity index (χ2n) is 2.94. The molecule has 76 valence electrons. The van der Waals surface area contributed by atoms with Gasteiger partial charge in [-0.15, -0.1) is 36.0 Å². The molecule has 0 aliphatic carbocycles. The first-order chi connectivity index (χ1) is 6.54. The van der Waals surface area contributed by atoms with E-state index in [0.29, 0.717) is 0 Å². The molecule has 1 atom stereocenters. The Balaban J connectivity index is 3.08. The Morgan fingerprint density at radius 3 is 2.64 bits per heavy atom. The van der Waals surface area contributed by atoms with Gasteiger partial charge in [0.25, 0.3) is 0 Å². The van der Waals surface area contributed by atoms with Crippen molar-refractivity contribution in [1.29, 1.82) is 0 Å². The average Bonchev–Trinajstić information content (AvgIpc) is 2.15. The van der Waals surface area contributed by atoms with E-state index >= 15 is 0 Å². The zero-order valence-electron chi connectivity index (χ0n) is 7.95. The molecular formula is C10H11ClOS2. The van der Waals surface area contributed by atoms with Gasteiger partial charge in [-0.05, 0) is 36.9 Å². The summed E-state index contributed by atoms with van der Waals surface area (Å²) < 4.78 is 0. The number of ketones is 1. The summed E-state index contributed by atoms with van der Waals surface area (Å²) in [5.41, 5.74) is 0.816. The Labute approximate surface area is 98.6 Å². The predicted molar refractivity (Wildman–Crippen MR) is 64.8 cm³/mol. The van der Waals surface area contributed by atoms with Gasteiger partial charge in [-0.2, -0.15) is 0 Å². The molecule has 0 fully saturated rings. The van der Waals surface area contributed by atoms with Crippen LogP contribution in [-0.4, -0.2) is 12.0 Å². The second-order valence-corrected chi connectivity index (χ2v) is 4.77. The molecule has 1 unspecified atom stereocenters. The van der Waals surface area contributed by atoms with Crippen molar-refractivity contribution in [3.05, 3.63) is 23.8 Å². The number of benzene rings is 1. The number of rotatable bonds is 3. The molecule has 4 heteroatoms. The lowest BCUT2D eigenvalue weighted by Gasteiger charge is -2.08. The van der Waals surface area contributed by atoms with Gasteiger partial charge in [0.05, 0.1) is 0 Å². The summed E-state index contributed by atoms with van der Waals surface area (Å²) in [6.07, 6.45) is 1.98. The fourth-order valence-corrected chi connectivity index (χ4v) is 2.10. The third-order valence-electron chi connectivity index (χ3n) is 1.80. The van der Waals surface area contributed by atoms with Gasteiger partial charge >= 0.3 is 0 Å². The number of hydrogen-bond acceptors (Lipinski definition) is 3. The molecule has 0 bridgehead atoms. The molecule has 0 saturated carbocycles. The van der Waals surface area contributed by atoms with E-state index in [0.717, 1.165) is 15.4 Å². The summed E-state index contributed by atoms with van der Waals surface area (Å²) in [6.45, 7) is 1.49. The summed E-state index contributed by atoms with van der Waals surface area (Å²) in [7, 11) is 0. The summed E-state index contributed by atoms with van der Waals surface area (Å²) in [4.78, 5) is 13.0. The van der Waals surface area contributed by atoms with Crippen LogP contribution >= 0.6 is 36.0 Å². The third-order valence-corrected chi connectivity index (χ3v) is 3.32. The summed E-state index contributed by atoms with van der Waals surface area (Å²) in [5, 5.41) is -0.562. The number of Topliss-reactive ketones (excluding diaryl/α,β-unsaturated/α-hetero) is 1. The lowest BCUT2D eigenvalue weighted by atomic mass is 10.1. The van der Waals surface area contributed by atoms with E-state index in [1.165, 1.54) is 6.92 Å². The van der Waals surface area contributed by atoms with Crippen molar-refractivity contribution in [3.8, 4) is 0 Å². The molecule has 0 aliphatic heterocycles. The Morgan fingerprint density at radius 1 is 1.50 bits per heavy atom. The van der Waals surface area contributed by atoms with Crippen molar-refractivity contribution in [2.75, 3.05) is 6.26 Å². The smallest absolute Gasteiger partial charge is 0.152 e. The minimum atomic E-state index is -0.562. The highest BCUT2D eigenvalue weighted by molar-refractivity contribution is 7.98. The molecule has 0 aliphatic rings. The standard InChI is InChI=1S/C10H11ClOS2/c1-6(12)10(11)7-3-8(13)5-9(4-7)14-2/h3-5,10,13H,1-2H3. The van der Waals surface area contributed by atoms with E-state index in [9.17, 15) is 4.79 Å². The number of hydrogen-bond donors (Lipinski definition) is 1. The molecule has 1 nitrogen and oxygen atoms in total. The van der Waals surface area contributed by atoms with Gasteiger partial charge in [-0.3, -0.25) is 4.79 Å². The fraction of sp³-hybridized carbons (Fsp3) is 0.300. The minimum Gasteiger partial charge on any atom is -0.298 e. The zero-order valence-corrected chi connectivity index (χ0v) is 10.4. The van der Waals surface area contributed by atoms with Gasteiger partial charge in [-0.25, -0.2) is 0 Å². The fourth-order valence-electron chi connectivity index (χ4n) is 1.10. The molecule has 0 aromatic heterocycles. The molecule has 1 aromatic carbocycles. The molecule has 14 heavy (non-hydrogen) atoms. The maximum absolute atomic E-state index is 11.1. The van der Waals surface area contributed by atoms with E-state index in [1.54, 1.807) is 11.8 Å². The summed E-state index contributed by atoms with van der Waals surface area (Å²) in [6, 6.07) is 5.69. The summed E-state index contributed by atoms with van der Waals surface area (Å²) >= 11 is 11.8. The van der Waals surface area contributed by atoms with Gasteiger partial charge in [-0.1, -0.05) is 0 Å². The van der Waals surface area contributed by atoms with Crippen molar-refractivity contribution < 1.29 is 4.79 Å². The molecule has 0 saturated heterocycles. The largest absolute Gasteiger partial charge is 0.298 e. The second kappa shape index (κ2) is 5.10. The zero-order chi connectivity index (χ0) is 10.7. The number of alkyl halides is 1. The third kappa shape index (κ3) is 2.94. The molecular weight excluding hydrogens is 236 g/mol. The molecule has 1 rings (SSSR count). The summed E-state index contributed by atoms with van der Waals surface area (Å²) in [5.74, 6) is -0.0438. The first kappa shape index (κ1) is 12.0. The quantitative estimate of drug-likeness (QED) is 0.499. The number of carbonyl (C=O) groups excluding carboxylic acids is 1. The molecule has 0 amide bonds. The predicted octanol–water partition coefficient (Wildman–Crippen LogP) is 3.57. The van der Waals surface area contributed by atoms with Gasteiger partial charge in [0.2, 0.25) is 0 Å². The van der Waals surface area contributed by atoms with Crippen LogP contribution in [0.4, 0.5) is 0 Å². The number of carbonyl (C=O) groups is 1. The van der Waals surface area contributed by atoms with Crippen LogP contribution in [0.25, 0.3) is 0 Å². The van der Waals surface area contributed by atoms with Crippen molar-refractivity contribution in [3.63, 3.8) is 0 Å². The lowest BCUT2D eigenvalue weighted by molar-refractivity contribution is -0.116. The van der Waals surface area contributed by atoms with Crippen LogP contribution in [0.5, 0.6) is 0 Å². The van der Waals surface area contributed by atoms with Crippen LogP contribution in [0.3, 0.4) is 0 Å². The molecule has 0 N–H and O–H groups in total. The van der Waals surface area contributed by atoms with Gasteiger partial charge in [0.15, 0.2) is 5.78 Å². The van der Waals surface area contributed by atoms with Crippen LogP contribution in [0.1, 0.15) is 17.9 Å².